The number of nitrogens with zero attached hydrogens (tertiary/aromatic N) is 2. The van der Waals surface area contributed by atoms with Gasteiger partial charge in [-0.2, -0.15) is 0 Å². The highest BCUT2D eigenvalue weighted by Crippen LogP contribution is 2.06. The first kappa shape index (κ1) is 18.4. The molecule has 0 aliphatic rings. The standard InChI is InChI=1S/C8H9N3OS.C6H7N3S/c1-5(12)11-7-4-6(8(9)13)2-3-10-7;7-5-3-4(6(8)10)1-2-9-5/h2-4H,1H3,(H2,9,13)(H,10,11,12);1-3H,(H2,7,9)(H2,8,10). The second-order valence-electron chi connectivity index (χ2n) is 4.31. The average molecular weight is 348 g/mol. The minimum Gasteiger partial charge on any atom is -0.389 e. The summed E-state index contributed by atoms with van der Waals surface area (Å²) in [6.07, 6.45) is 3.11. The van der Waals surface area contributed by atoms with Crippen LogP contribution in [0.5, 0.6) is 0 Å². The van der Waals surface area contributed by atoms with Crippen molar-refractivity contribution >= 4 is 52.0 Å². The van der Waals surface area contributed by atoms with Gasteiger partial charge in [-0.1, -0.05) is 24.4 Å². The maximum Gasteiger partial charge on any atom is 0.222 e. The number of rotatable bonds is 3. The molecule has 0 aliphatic heterocycles. The van der Waals surface area contributed by atoms with Crippen molar-refractivity contribution in [1.29, 1.82) is 0 Å². The van der Waals surface area contributed by atoms with Crippen LogP contribution < -0.4 is 22.5 Å². The lowest BCUT2D eigenvalue weighted by molar-refractivity contribution is -0.114. The minimum absolute atomic E-state index is 0.174. The molecule has 0 saturated heterocycles. The van der Waals surface area contributed by atoms with Crippen molar-refractivity contribution in [2.75, 3.05) is 11.1 Å². The van der Waals surface area contributed by atoms with Crippen LogP contribution >= 0.6 is 24.4 Å². The number of carbonyl (C=O) groups is 1. The summed E-state index contributed by atoms with van der Waals surface area (Å²) in [6.45, 7) is 1.41. The molecule has 0 aromatic carbocycles. The normalized spacial score (nSPS) is 9.26. The summed E-state index contributed by atoms with van der Waals surface area (Å²) in [6, 6.07) is 6.68. The largest absolute Gasteiger partial charge is 0.389 e. The van der Waals surface area contributed by atoms with Gasteiger partial charge in [0.15, 0.2) is 0 Å². The van der Waals surface area contributed by atoms with E-state index in [1.165, 1.54) is 6.92 Å². The molecule has 2 rings (SSSR count). The molecule has 2 aromatic heterocycles. The van der Waals surface area contributed by atoms with Crippen molar-refractivity contribution in [3.8, 4) is 0 Å². The predicted octanol–water partition coefficient (Wildman–Crippen LogP) is 0.972. The zero-order valence-electron chi connectivity index (χ0n) is 12.3. The second-order valence-corrected chi connectivity index (χ2v) is 5.19. The smallest absolute Gasteiger partial charge is 0.222 e. The zero-order chi connectivity index (χ0) is 17.4. The number of anilines is 2. The first-order valence-corrected chi connectivity index (χ1v) is 7.16. The van der Waals surface area contributed by atoms with Crippen LogP contribution in [0.25, 0.3) is 0 Å². The first-order chi connectivity index (χ1) is 10.8. The van der Waals surface area contributed by atoms with E-state index < -0.39 is 0 Å². The van der Waals surface area contributed by atoms with E-state index in [0.29, 0.717) is 22.2 Å². The fourth-order valence-corrected chi connectivity index (χ4v) is 1.69. The maximum absolute atomic E-state index is 10.7. The highest BCUT2D eigenvalue weighted by atomic mass is 32.1. The van der Waals surface area contributed by atoms with Crippen LogP contribution in [0, 0.1) is 0 Å². The molecule has 0 aliphatic carbocycles. The fraction of sp³-hybridized carbons (Fsp3) is 0.0714. The SMILES string of the molecule is CC(=O)Nc1cc(C(N)=S)ccn1.NC(=S)c1ccnc(N)c1. The second kappa shape index (κ2) is 8.71. The molecule has 0 radical (unpaired) electrons. The molecule has 2 heterocycles. The third-order valence-electron chi connectivity index (χ3n) is 2.41. The van der Waals surface area contributed by atoms with Gasteiger partial charge >= 0.3 is 0 Å². The molecule has 0 bridgehead atoms. The Kier molecular flexibility index (Phi) is 6.97. The maximum atomic E-state index is 10.7. The van der Waals surface area contributed by atoms with Gasteiger partial charge in [-0.3, -0.25) is 4.79 Å². The average Bonchev–Trinajstić information content (AvgIpc) is 2.47. The Morgan fingerprint density at radius 2 is 1.57 bits per heavy atom. The highest BCUT2D eigenvalue weighted by Gasteiger charge is 2.00. The fourth-order valence-electron chi connectivity index (χ4n) is 1.43. The molecule has 120 valence electrons. The van der Waals surface area contributed by atoms with Crippen molar-refractivity contribution in [3.63, 3.8) is 0 Å². The van der Waals surface area contributed by atoms with E-state index in [0.717, 1.165) is 5.56 Å². The molecule has 1 amide bonds. The van der Waals surface area contributed by atoms with E-state index in [1.807, 2.05) is 0 Å². The van der Waals surface area contributed by atoms with Crippen LogP contribution in [-0.2, 0) is 4.79 Å². The topological polar surface area (TPSA) is 133 Å². The number of hydrogen-bond acceptors (Lipinski definition) is 6. The van der Waals surface area contributed by atoms with Gasteiger partial charge in [0.1, 0.15) is 21.6 Å². The molecule has 0 spiro atoms. The van der Waals surface area contributed by atoms with Crippen LogP contribution in [0.4, 0.5) is 11.6 Å². The highest BCUT2D eigenvalue weighted by molar-refractivity contribution is 7.80. The third kappa shape index (κ3) is 6.76. The summed E-state index contributed by atoms with van der Waals surface area (Å²) in [5.41, 5.74) is 17.5. The number of nitrogen functional groups attached to an aromatic ring is 1. The summed E-state index contributed by atoms with van der Waals surface area (Å²) in [5.74, 6) is 0.718. The van der Waals surface area contributed by atoms with Gasteiger partial charge in [-0.25, -0.2) is 9.97 Å². The van der Waals surface area contributed by atoms with E-state index in [4.69, 9.17) is 41.6 Å². The Morgan fingerprint density at radius 1 is 1.04 bits per heavy atom. The third-order valence-corrected chi connectivity index (χ3v) is 2.89. The quantitative estimate of drug-likeness (QED) is 0.603. The van der Waals surface area contributed by atoms with E-state index in [-0.39, 0.29) is 10.9 Å². The lowest BCUT2D eigenvalue weighted by Crippen LogP contribution is -2.12. The number of carbonyl (C=O) groups excluding carboxylic acids is 1. The summed E-state index contributed by atoms with van der Waals surface area (Å²) >= 11 is 9.49. The Labute approximate surface area is 144 Å². The van der Waals surface area contributed by atoms with Crippen molar-refractivity contribution in [3.05, 3.63) is 47.8 Å². The van der Waals surface area contributed by atoms with Crippen molar-refractivity contribution in [2.45, 2.75) is 6.92 Å². The Hall–Kier alpha value is -2.65. The van der Waals surface area contributed by atoms with E-state index in [1.54, 1.807) is 36.7 Å². The lowest BCUT2D eigenvalue weighted by atomic mass is 10.2. The Bertz CT molecular complexity index is 735. The van der Waals surface area contributed by atoms with E-state index in [2.05, 4.69) is 15.3 Å². The number of hydrogen-bond donors (Lipinski definition) is 4. The molecule has 0 atom stereocenters. The monoisotopic (exact) mass is 348 g/mol. The van der Waals surface area contributed by atoms with Crippen molar-refractivity contribution in [1.82, 2.24) is 9.97 Å². The summed E-state index contributed by atoms with van der Waals surface area (Å²) in [4.78, 5) is 19.0. The summed E-state index contributed by atoms with van der Waals surface area (Å²) < 4.78 is 0. The molecule has 9 heteroatoms. The Balaban J connectivity index is 0.000000238. The molecular formula is C14H16N6OS2. The number of nitrogens with two attached hydrogens (primary N) is 3. The van der Waals surface area contributed by atoms with Gasteiger partial charge in [-0.05, 0) is 24.3 Å². The van der Waals surface area contributed by atoms with E-state index in [9.17, 15) is 4.79 Å². The summed E-state index contributed by atoms with van der Waals surface area (Å²) in [7, 11) is 0. The van der Waals surface area contributed by atoms with Gasteiger partial charge in [-0.15, -0.1) is 0 Å². The van der Waals surface area contributed by atoms with Crippen molar-refractivity contribution < 1.29 is 4.79 Å². The zero-order valence-corrected chi connectivity index (χ0v) is 13.9. The number of nitrogens with one attached hydrogen (secondary N) is 1. The number of amides is 1. The van der Waals surface area contributed by atoms with Gasteiger partial charge in [0, 0.05) is 30.4 Å². The summed E-state index contributed by atoms with van der Waals surface area (Å²) in [5, 5.41) is 2.53. The first-order valence-electron chi connectivity index (χ1n) is 6.34. The molecule has 23 heavy (non-hydrogen) atoms. The lowest BCUT2D eigenvalue weighted by Gasteiger charge is -2.02. The van der Waals surface area contributed by atoms with Gasteiger partial charge < -0.3 is 22.5 Å². The minimum atomic E-state index is -0.174. The van der Waals surface area contributed by atoms with Crippen molar-refractivity contribution in [2.24, 2.45) is 11.5 Å². The molecule has 0 unspecified atom stereocenters. The van der Waals surface area contributed by atoms with Gasteiger partial charge in [0.05, 0.1) is 0 Å². The Morgan fingerprint density at radius 3 is 2.00 bits per heavy atom. The molecular weight excluding hydrogens is 332 g/mol. The van der Waals surface area contributed by atoms with Crippen LogP contribution in [0.3, 0.4) is 0 Å². The number of aromatic nitrogens is 2. The molecule has 7 N–H and O–H groups in total. The molecule has 0 saturated carbocycles. The predicted molar refractivity (Wildman–Crippen MR) is 99.0 cm³/mol. The van der Waals surface area contributed by atoms with Gasteiger partial charge in [0.25, 0.3) is 0 Å². The molecule has 0 fully saturated rings. The number of thiocarbonyl (C=S) groups is 2. The molecule has 2 aromatic rings. The van der Waals surface area contributed by atoms with Gasteiger partial charge in [0.2, 0.25) is 5.91 Å². The van der Waals surface area contributed by atoms with E-state index >= 15 is 0 Å². The number of pyridine rings is 2. The van der Waals surface area contributed by atoms with Crippen LogP contribution in [-0.4, -0.2) is 25.9 Å². The van der Waals surface area contributed by atoms with Crippen LogP contribution in [0.15, 0.2) is 36.7 Å². The molecule has 7 nitrogen and oxygen atoms in total. The van der Waals surface area contributed by atoms with Crippen LogP contribution in [0.2, 0.25) is 0 Å². The van der Waals surface area contributed by atoms with Crippen LogP contribution in [0.1, 0.15) is 18.1 Å².